The van der Waals surface area contributed by atoms with Gasteiger partial charge in [0.1, 0.15) is 0 Å². The summed E-state index contributed by atoms with van der Waals surface area (Å²) in [7, 11) is 0. The maximum Gasteiger partial charge on any atom is 0.0568 e. The van der Waals surface area contributed by atoms with Crippen molar-refractivity contribution >= 4 is 12.4 Å². The van der Waals surface area contributed by atoms with E-state index >= 15 is 0 Å². The summed E-state index contributed by atoms with van der Waals surface area (Å²) in [4.78, 5) is 0. The second-order valence-corrected chi connectivity index (χ2v) is 8.56. The molecule has 0 unspecified atom stereocenters. The van der Waals surface area contributed by atoms with Gasteiger partial charge in [0.15, 0.2) is 0 Å². The summed E-state index contributed by atoms with van der Waals surface area (Å²) in [5.41, 5.74) is 5.05. The van der Waals surface area contributed by atoms with E-state index in [2.05, 4.69) is 72.2 Å². The first kappa shape index (κ1) is 22.2. The fraction of sp³-hybridized carbons (Fsp3) is 0.429. The molecular weight excluding hydrogens is 364 g/mol. The van der Waals surface area contributed by atoms with E-state index in [0.29, 0.717) is 0 Å². The van der Waals surface area contributed by atoms with Gasteiger partial charge in [-0.05, 0) is 85.5 Å². The molecule has 0 spiro atoms. The van der Waals surface area contributed by atoms with Gasteiger partial charge in [0, 0.05) is 0 Å². The molecule has 3 rings (SSSR count). The molecular formula is C28H36N2. The van der Waals surface area contributed by atoms with Crippen LogP contribution in [-0.2, 0) is 6.42 Å². The Kier molecular flexibility index (Phi) is 9.08. The average molecular weight is 401 g/mol. The second-order valence-electron chi connectivity index (χ2n) is 8.56. The lowest BCUT2D eigenvalue weighted by atomic mass is 9.78. The largest absolute Gasteiger partial charge is 0.159 e. The first-order chi connectivity index (χ1) is 14.8. The zero-order valence-electron chi connectivity index (χ0n) is 18.5. The average Bonchev–Trinajstić information content (AvgIpc) is 2.81. The number of aryl methyl sites for hydroxylation is 1. The highest BCUT2D eigenvalue weighted by molar-refractivity contribution is 5.82. The minimum absolute atomic E-state index is 0.738. The summed E-state index contributed by atoms with van der Waals surface area (Å²) in [6, 6.07) is 17.5. The number of unbranched alkanes of at least 4 members (excludes halogenated alkanes) is 2. The fourth-order valence-electron chi connectivity index (χ4n) is 4.35. The highest BCUT2D eigenvalue weighted by Crippen LogP contribution is 2.36. The highest BCUT2D eigenvalue weighted by Gasteiger charge is 2.20. The van der Waals surface area contributed by atoms with E-state index in [1.165, 1.54) is 56.1 Å². The van der Waals surface area contributed by atoms with Gasteiger partial charge < -0.3 is 0 Å². The molecule has 1 aliphatic carbocycles. The topological polar surface area (TPSA) is 24.7 Å². The smallest absolute Gasteiger partial charge is 0.0568 e. The molecule has 0 aromatic heterocycles. The van der Waals surface area contributed by atoms with Crippen molar-refractivity contribution in [1.29, 1.82) is 0 Å². The van der Waals surface area contributed by atoms with Crippen LogP contribution in [0.2, 0.25) is 0 Å². The molecule has 0 amide bonds. The van der Waals surface area contributed by atoms with E-state index in [-0.39, 0.29) is 0 Å². The van der Waals surface area contributed by atoms with Gasteiger partial charge in [-0.25, -0.2) is 0 Å². The normalized spacial score (nSPS) is 19.5. The molecule has 2 heteroatoms. The van der Waals surface area contributed by atoms with Gasteiger partial charge in [0.25, 0.3) is 0 Å². The molecule has 2 aromatic rings. The van der Waals surface area contributed by atoms with E-state index < -0.39 is 0 Å². The Morgan fingerprint density at radius 1 is 0.833 bits per heavy atom. The quantitative estimate of drug-likeness (QED) is 0.169. The van der Waals surface area contributed by atoms with E-state index in [1.54, 1.807) is 0 Å². The number of benzene rings is 2. The van der Waals surface area contributed by atoms with Crippen LogP contribution < -0.4 is 0 Å². The third-order valence-corrected chi connectivity index (χ3v) is 6.42. The molecule has 1 saturated carbocycles. The van der Waals surface area contributed by atoms with Gasteiger partial charge in [0.2, 0.25) is 0 Å². The molecule has 0 N–H and O–H groups in total. The van der Waals surface area contributed by atoms with Crippen LogP contribution in [0.5, 0.6) is 0 Å². The third kappa shape index (κ3) is 7.09. The summed E-state index contributed by atoms with van der Waals surface area (Å²) in [6.45, 7) is 6.10. The molecule has 0 aliphatic heterocycles. The predicted octanol–water partition coefficient (Wildman–Crippen LogP) is 7.72. The van der Waals surface area contributed by atoms with Gasteiger partial charge in [0.05, 0.1) is 12.4 Å². The molecule has 30 heavy (non-hydrogen) atoms. The Balaban J connectivity index is 1.45. The van der Waals surface area contributed by atoms with Crippen LogP contribution >= 0.6 is 0 Å². The number of rotatable bonds is 10. The summed E-state index contributed by atoms with van der Waals surface area (Å²) in [5, 5.41) is 8.44. The Labute approximate surface area is 182 Å². The Morgan fingerprint density at radius 3 is 2.00 bits per heavy atom. The van der Waals surface area contributed by atoms with Gasteiger partial charge in [-0.15, -0.1) is 6.58 Å². The van der Waals surface area contributed by atoms with Crippen molar-refractivity contribution in [3.8, 4) is 0 Å². The number of allylic oxidation sites excluding steroid dienone is 1. The molecule has 1 aliphatic rings. The maximum atomic E-state index is 4.23. The molecule has 158 valence electrons. The van der Waals surface area contributed by atoms with E-state index in [9.17, 15) is 0 Å². The van der Waals surface area contributed by atoms with Crippen LogP contribution in [0.3, 0.4) is 0 Å². The Hall–Kier alpha value is -2.48. The maximum absolute atomic E-state index is 4.23. The summed E-state index contributed by atoms with van der Waals surface area (Å²) < 4.78 is 0. The first-order valence-electron chi connectivity index (χ1n) is 11.6. The molecule has 0 heterocycles. The molecule has 0 radical (unpaired) electrons. The highest BCUT2D eigenvalue weighted by atomic mass is 15.2. The van der Waals surface area contributed by atoms with Crippen molar-refractivity contribution in [3.63, 3.8) is 0 Å². The van der Waals surface area contributed by atoms with Crippen molar-refractivity contribution in [2.75, 3.05) is 0 Å². The van der Waals surface area contributed by atoms with Gasteiger partial charge >= 0.3 is 0 Å². The van der Waals surface area contributed by atoms with Crippen LogP contribution in [-0.4, -0.2) is 12.4 Å². The zero-order valence-corrected chi connectivity index (χ0v) is 18.5. The summed E-state index contributed by atoms with van der Waals surface area (Å²) in [5.74, 6) is 1.69. The monoisotopic (exact) mass is 400 g/mol. The van der Waals surface area contributed by atoms with Crippen LogP contribution in [0.25, 0.3) is 0 Å². The van der Waals surface area contributed by atoms with Crippen LogP contribution in [0.4, 0.5) is 0 Å². The molecule has 0 bridgehead atoms. The van der Waals surface area contributed by atoms with Crippen LogP contribution in [0, 0.1) is 5.92 Å². The van der Waals surface area contributed by atoms with Crippen molar-refractivity contribution in [2.45, 2.75) is 70.6 Å². The third-order valence-electron chi connectivity index (χ3n) is 6.42. The van der Waals surface area contributed by atoms with Crippen molar-refractivity contribution in [1.82, 2.24) is 0 Å². The SMILES string of the molecule is C=CCCCCc1ccc(C=NN=Cc2ccc(C3CCC(CC)CC3)cc2)cc1. The lowest BCUT2D eigenvalue weighted by Gasteiger charge is -2.28. The van der Waals surface area contributed by atoms with Crippen LogP contribution in [0.15, 0.2) is 71.4 Å². The van der Waals surface area contributed by atoms with Crippen molar-refractivity contribution in [2.24, 2.45) is 16.1 Å². The van der Waals surface area contributed by atoms with Gasteiger partial charge in [-0.3, -0.25) is 0 Å². The summed E-state index contributed by atoms with van der Waals surface area (Å²) in [6.07, 6.45) is 17.1. The lowest BCUT2D eigenvalue weighted by molar-refractivity contribution is 0.319. The predicted molar refractivity (Wildman–Crippen MR) is 131 cm³/mol. The summed E-state index contributed by atoms with van der Waals surface area (Å²) >= 11 is 0. The molecule has 2 aromatic carbocycles. The van der Waals surface area contributed by atoms with Crippen molar-refractivity contribution in [3.05, 3.63) is 83.4 Å². The first-order valence-corrected chi connectivity index (χ1v) is 11.6. The van der Waals surface area contributed by atoms with Crippen molar-refractivity contribution < 1.29 is 0 Å². The lowest BCUT2D eigenvalue weighted by Crippen LogP contribution is -2.12. The minimum atomic E-state index is 0.738. The molecule has 0 saturated heterocycles. The number of hydrogen-bond acceptors (Lipinski definition) is 2. The van der Waals surface area contributed by atoms with E-state index in [0.717, 1.165) is 35.8 Å². The second kappa shape index (κ2) is 12.3. The standard InChI is InChI=1S/C28H36N2/c1-3-5-6-7-8-24-9-11-25(12-10-24)21-29-30-22-26-15-19-28(20-16-26)27-17-13-23(4-2)14-18-27/h3,9-12,15-16,19-23,27H,1,4-8,13-14,17-18H2,2H3. The van der Waals surface area contributed by atoms with Gasteiger partial charge in [-0.1, -0.05) is 68.0 Å². The van der Waals surface area contributed by atoms with E-state index in [1.807, 2.05) is 18.5 Å². The fourth-order valence-corrected chi connectivity index (χ4v) is 4.35. The van der Waals surface area contributed by atoms with E-state index in [4.69, 9.17) is 0 Å². The van der Waals surface area contributed by atoms with Gasteiger partial charge in [-0.2, -0.15) is 10.2 Å². The van der Waals surface area contributed by atoms with Crippen LogP contribution in [0.1, 0.15) is 86.5 Å². The molecule has 2 nitrogen and oxygen atoms in total. The minimum Gasteiger partial charge on any atom is -0.159 e. The zero-order chi connectivity index (χ0) is 21.0. The molecule has 1 fully saturated rings. The number of nitrogens with zero attached hydrogens (tertiary/aromatic N) is 2. The number of hydrogen-bond donors (Lipinski definition) is 0. The Bertz CT molecular complexity index is 807. The molecule has 0 atom stereocenters. The Morgan fingerprint density at radius 2 is 1.43 bits per heavy atom.